The molecule has 0 bridgehead atoms. The van der Waals surface area contributed by atoms with Crippen LogP contribution in [-0.2, 0) is 4.74 Å². The van der Waals surface area contributed by atoms with Gasteiger partial charge < -0.3 is 15.0 Å². The summed E-state index contributed by atoms with van der Waals surface area (Å²) in [6.45, 7) is 7.72. The molecule has 1 N–H and O–H groups in total. The van der Waals surface area contributed by atoms with Crippen molar-refractivity contribution in [1.29, 1.82) is 0 Å². The lowest BCUT2D eigenvalue weighted by atomic mass is 10.0. The summed E-state index contributed by atoms with van der Waals surface area (Å²) in [5.74, 6) is 0. The fourth-order valence-electron chi connectivity index (χ4n) is 3.64. The molecule has 2 aromatic heterocycles. The van der Waals surface area contributed by atoms with E-state index in [4.69, 9.17) is 17.0 Å². The number of hydrogen-bond acceptors (Lipinski definition) is 5. The van der Waals surface area contributed by atoms with Crippen molar-refractivity contribution in [3.8, 4) is 0 Å². The van der Waals surface area contributed by atoms with Crippen molar-refractivity contribution in [2.24, 2.45) is 0 Å². The lowest BCUT2D eigenvalue weighted by Crippen LogP contribution is -2.42. The lowest BCUT2D eigenvalue weighted by molar-refractivity contribution is 0.0351. The Morgan fingerprint density at radius 1 is 1.23 bits per heavy atom. The number of ether oxygens (including phenoxy) is 1. The summed E-state index contributed by atoms with van der Waals surface area (Å²) < 4.78 is 5.46. The zero-order chi connectivity index (χ0) is 17.9. The molecule has 2 aliphatic rings. The van der Waals surface area contributed by atoms with Crippen LogP contribution in [0.5, 0.6) is 0 Å². The first-order chi connectivity index (χ1) is 12.7. The molecule has 0 radical (unpaired) electrons. The molecule has 0 aromatic carbocycles. The normalized spacial score (nSPS) is 24.0. The van der Waals surface area contributed by atoms with Crippen LogP contribution in [0.25, 0.3) is 0 Å². The highest BCUT2D eigenvalue weighted by molar-refractivity contribution is 7.80. The van der Waals surface area contributed by atoms with E-state index in [-0.39, 0.29) is 12.1 Å². The van der Waals surface area contributed by atoms with E-state index in [1.54, 1.807) is 0 Å². The Kier molecular flexibility index (Phi) is 5.49. The van der Waals surface area contributed by atoms with Gasteiger partial charge in [0.15, 0.2) is 5.11 Å². The van der Waals surface area contributed by atoms with E-state index in [1.165, 1.54) is 9.75 Å². The second-order valence-electron chi connectivity index (χ2n) is 6.72. The number of morpholine rings is 1. The van der Waals surface area contributed by atoms with Crippen molar-refractivity contribution < 1.29 is 4.74 Å². The van der Waals surface area contributed by atoms with Gasteiger partial charge in [-0.1, -0.05) is 6.07 Å². The van der Waals surface area contributed by atoms with Crippen molar-refractivity contribution >= 4 is 28.7 Å². The molecule has 26 heavy (non-hydrogen) atoms. The van der Waals surface area contributed by atoms with E-state index in [0.717, 1.165) is 50.2 Å². The van der Waals surface area contributed by atoms with Crippen LogP contribution in [0.4, 0.5) is 0 Å². The molecule has 5 nitrogen and oxygen atoms in total. The summed E-state index contributed by atoms with van der Waals surface area (Å²) in [4.78, 5) is 12.1. The molecule has 4 heterocycles. The first kappa shape index (κ1) is 17.9. The standard InChI is InChI=1S/C19H24N4OS2/c1-14-5-6-16(26-14)18-17(15-4-2-3-7-20-15)21-19(25)23(18)9-8-22-10-12-24-13-11-22/h2-7,17-18H,8-13H2,1H3,(H,21,25)/t17-,18+/m0/s1. The van der Waals surface area contributed by atoms with Gasteiger partial charge in [0.2, 0.25) is 0 Å². The number of nitrogens with zero attached hydrogens (tertiary/aromatic N) is 3. The summed E-state index contributed by atoms with van der Waals surface area (Å²) in [5.41, 5.74) is 1.04. The summed E-state index contributed by atoms with van der Waals surface area (Å²) >= 11 is 7.56. The number of aromatic nitrogens is 1. The van der Waals surface area contributed by atoms with Gasteiger partial charge in [0.05, 0.1) is 31.0 Å². The SMILES string of the molecule is Cc1ccc([C@@H]2[C@H](c3ccccn3)NC(=S)N2CCN2CCOCC2)s1. The smallest absolute Gasteiger partial charge is 0.170 e. The number of pyridine rings is 1. The van der Waals surface area contributed by atoms with Crippen LogP contribution in [0, 0.1) is 6.92 Å². The number of hydrogen-bond donors (Lipinski definition) is 1. The fourth-order valence-corrected chi connectivity index (χ4v) is 5.00. The topological polar surface area (TPSA) is 40.6 Å². The Bertz CT molecular complexity index is 745. The molecule has 2 aliphatic heterocycles. The van der Waals surface area contributed by atoms with E-state index in [1.807, 2.05) is 29.7 Å². The van der Waals surface area contributed by atoms with Crippen LogP contribution in [0.15, 0.2) is 36.5 Å². The Hall–Kier alpha value is -1.54. The Morgan fingerprint density at radius 3 is 2.77 bits per heavy atom. The summed E-state index contributed by atoms with van der Waals surface area (Å²) in [6, 6.07) is 10.8. The van der Waals surface area contributed by atoms with Gasteiger partial charge >= 0.3 is 0 Å². The van der Waals surface area contributed by atoms with Crippen LogP contribution in [0.3, 0.4) is 0 Å². The Labute approximate surface area is 164 Å². The maximum absolute atomic E-state index is 5.72. The molecule has 2 aromatic rings. The van der Waals surface area contributed by atoms with Crippen molar-refractivity contribution in [2.45, 2.75) is 19.0 Å². The minimum absolute atomic E-state index is 0.0893. The minimum atomic E-state index is 0.0893. The number of nitrogens with one attached hydrogen (secondary N) is 1. The molecule has 0 unspecified atom stereocenters. The highest BCUT2D eigenvalue weighted by Crippen LogP contribution is 2.40. The Balaban J connectivity index is 1.57. The van der Waals surface area contributed by atoms with Crippen molar-refractivity contribution in [3.63, 3.8) is 0 Å². The second-order valence-corrected chi connectivity index (χ2v) is 8.43. The molecule has 4 rings (SSSR count). The molecule has 0 saturated carbocycles. The first-order valence-electron chi connectivity index (χ1n) is 9.07. The molecule has 7 heteroatoms. The maximum Gasteiger partial charge on any atom is 0.170 e. The zero-order valence-corrected chi connectivity index (χ0v) is 16.6. The fraction of sp³-hybridized carbons (Fsp3) is 0.474. The van der Waals surface area contributed by atoms with Gasteiger partial charge in [0, 0.05) is 42.1 Å². The molecule has 2 fully saturated rings. The van der Waals surface area contributed by atoms with Gasteiger partial charge in [0.25, 0.3) is 0 Å². The molecule has 138 valence electrons. The Morgan fingerprint density at radius 2 is 2.08 bits per heavy atom. The van der Waals surface area contributed by atoms with E-state index in [0.29, 0.717) is 0 Å². The third-order valence-corrected chi connectivity index (χ3v) is 6.43. The van der Waals surface area contributed by atoms with Crippen molar-refractivity contribution in [3.05, 3.63) is 52.0 Å². The zero-order valence-electron chi connectivity index (χ0n) is 14.9. The largest absolute Gasteiger partial charge is 0.379 e. The van der Waals surface area contributed by atoms with E-state index >= 15 is 0 Å². The minimum Gasteiger partial charge on any atom is -0.379 e. The number of aryl methyl sites for hydroxylation is 1. The number of thiocarbonyl (C=S) groups is 1. The van der Waals surface area contributed by atoms with E-state index in [9.17, 15) is 0 Å². The van der Waals surface area contributed by atoms with Gasteiger partial charge in [-0.25, -0.2) is 0 Å². The van der Waals surface area contributed by atoms with Crippen LogP contribution >= 0.6 is 23.6 Å². The number of thiophene rings is 1. The monoisotopic (exact) mass is 388 g/mol. The van der Waals surface area contributed by atoms with E-state index < -0.39 is 0 Å². The number of rotatable bonds is 5. The summed E-state index contributed by atoms with van der Waals surface area (Å²) in [6.07, 6.45) is 1.85. The van der Waals surface area contributed by atoms with Crippen LogP contribution in [0.1, 0.15) is 27.5 Å². The van der Waals surface area contributed by atoms with Crippen molar-refractivity contribution in [1.82, 2.24) is 20.1 Å². The molecule has 0 aliphatic carbocycles. The lowest BCUT2D eigenvalue weighted by Gasteiger charge is -2.31. The predicted molar refractivity (Wildman–Crippen MR) is 108 cm³/mol. The molecule has 0 spiro atoms. The predicted octanol–water partition coefficient (Wildman–Crippen LogP) is 2.76. The molecular formula is C19H24N4OS2. The van der Waals surface area contributed by atoms with E-state index in [2.05, 4.69) is 45.2 Å². The summed E-state index contributed by atoms with van der Waals surface area (Å²) in [5, 5.41) is 4.35. The molecule has 0 amide bonds. The van der Waals surface area contributed by atoms with Crippen LogP contribution in [0.2, 0.25) is 0 Å². The van der Waals surface area contributed by atoms with Crippen LogP contribution < -0.4 is 5.32 Å². The van der Waals surface area contributed by atoms with Gasteiger partial charge in [-0.05, 0) is 43.4 Å². The third-order valence-electron chi connectivity index (χ3n) is 5.01. The van der Waals surface area contributed by atoms with Gasteiger partial charge in [-0.3, -0.25) is 9.88 Å². The quantitative estimate of drug-likeness (QED) is 0.795. The molecule has 2 saturated heterocycles. The summed E-state index contributed by atoms with van der Waals surface area (Å²) in [7, 11) is 0. The average Bonchev–Trinajstić information content (AvgIpc) is 3.24. The maximum atomic E-state index is 5.72. The van der Waals surface area contributed by atoms with Crippen LogP contribution in [-0.4, -0.2) is 59.3 Å². The first-order valence-corrected chi connectivity index (χ1v) is 10.3. The molecule has 2 atom stereocenters. The second kappa shape index (κ2) is 8.00. The van der Waals surface area contributed by atoms with Gasteiger partial charge in [-0.15, -0.1) is 11.3 Å². The van der Waals surface area contributed by atoms with Gasteiger partial charge in [-0.2, -0.15) is 0 Å². The highest BCUT2D eigenvalue weighted by Gasteiger charge is 2.40. The van der Waals surface area contributed by atoms with Crippen molar-refractivity contribution in [2.75, 3.05) is 39.4 Å². The average molecular weight is 389 g/mol. The third kappa shape index (κ3) is 3.76. The molecular weight excluding hydrogens is 364 g/mol. The highest BCUT2D eigenvalue weighted by atomic mass is 32.1. The van der Waals surface area contributed by atoms with Gasteiger partial charge in [0.1, 0.15) is 0 Å².